The molecule has 31 heavy (non-hydrogen) atoms. The minimum atomic E-state index is -1.14. The van der Waals surface area contributed by atoms with E-state index < -0.39 is 23.8 Å². The van der Waals surface area contributed by atoms with Crippen molar-refractivity contribution in [2.24, 2.45) is 5.92 Å². The second-order valence-electron chi connectivity index (χ2n) is 6.61. The van der Waals surface area contributed by atoms with Crippen molar-refractivity contribution in [3.63, 3.8) is 0 Å². The van der Waals surface area contributed by atoms with Gasteiger partial charge in [-0.25, -0.2) is 0 Å². The van der Waals surface area contributed by atoms with Gasteiger partial charge in [-0.2, -0.15) is 0 Å². The molecule has 2 aromatic carbocycles. The van der Waals surface area contributed by atoms with Crippen LogP contribution in [0.15, 0.2) is 36.4 Å². The molecule has 0 saturated heterocycles. The van der Waals surface area contributed by atoms with Gasteiger partial charge < -0.3 is 28.4 Å². The van der Waals surface area contributed by atoms with Gasteiger partial charge in [-0.1, -0.05) is 12.1 Å². The van der Waals surface area contributed by atoms with Crippen LogP contribution < -0.4 is 18.9 Å². The van der Waals surface area contributed by atoms with Gasteiger partial charge in [-0.3, -0.25) is 9.59 Å². The molecular weight excluding hydrogens is 404 g/mol. The van der Waals surface area contributed by atoms with Crippen LogP contribution in [0.1, 0.15) is 23.5 Å². The van der Waals surface area contributed by atoms with Crippen LogP contribution in [0.2, 0.25) is 0 Å². The first-order valence-corrected chi connectivity index (χ1v) is 9.53. The Morgan fingerprint density at radius 2 is 1.19 bits per heavy atom. The van der Waals surface area contributed by atoms with Crippen molar-refractivity contribution >= 4 is 11.9 Å². The van der Waals surface area contributed by atoms with E-state index in [9.17, 15) is 9.59 Å². The van der Waals surface area contributed by atoms with Gasteiger partial charge in [0.2, 0.25) is 0 Å². The Balaban J connectivity index is 2.70. The lowest BCUT2D eigenvalue weighted by molar-refractivity contribution is -0.159. The monoisotopic (exact) mass is 432 g/mol. The van der Waals surface area contributed by atoms with Crippen LogP contribution in [0, 0.1) is 5.92 Å². The Morgan fingerprint density at radius 3 is 1.58 bits per heavy atom. The molecular formula is C23H28O8. The highest BCUT2D eigenvalue weighted by Crippen LogP contribution is 2.45. The Morgan fingerprint density at radius 1 is 0.710 bits per heavy atom. The zero-order valence-corrected chi connectivity index (χ0v) is 18.6. The summed E-state index contributed by atoms with van der Waals surface area (Å²) in [5.74, 6) is -0.773. The fourth-order valence-corrected chi connectivity index (χ4v) is 3.44. The molecule has 0 radical (unpaired) electrons. The van der Waals surface area contributed by atoms with Gasteiger partial charge in [-0.15, -0.1) is 0 Å². The van der Waals surface area contributed by atoms with E-state index in [1.54, 1.807) is 38.5 Å². The number of hydrogen-bond donors (Lipinski definition) is 0. The number of methoxy groups -OCH3 is 6. The normalized spacial score (nSPS) is 11.5. The number of hydrogen-bond acceptors (Lipinski definition) is 8. The van der Waals surface area contributed by atoms with E-state index in [0.29, 0.717) is 28.6 Å². The first kappa shape index (κ1) is 23.9. The molecule has 1 unspecified atom stereocenters. The summed E-state index contributed by atoms with van der Waals surface area (Å²) in [5, 5.41) is 0. The summed E-state index contributed by atoms with van der Waals surface area (Å²) >= 11 is 0. The SMILES string of the molecule is COC(=O)C(CC(c1ccc(OC)cc1)c1c(OC)cc(OC)cc1OC)C(=O)OC. The maximum atomic E-state index is 12.4. The minimum Gasteiger partial charge on any atom is -0.497 e. The van der Waals surface area contributed by atoms with Crippen LogP contribution in [-0.2, 0) is 19.1 Å². The molecule has 0 aliphatic carbocycles. The van der Waals surface area contributed by atoms with Crippen molar-refractivity contribution in [3.05, 3.63) is 47.5 Å². The van der Waals surface area contributed by atoms with E-state index in [2.05, 4.69) is 0 Å². The van der Waals surface area contributed by atoms with E-state index in [1.165, 1.54) is 28.4 Å². The third kappa shape index (κ3) is 5.39. The number of rotatable bonds is 10. The van der Waals surface area contributed by atoms with Gasteiger partial charge in [0.15, 0.2) is 5.92 Å². The largest absolute Gasteiger partial charge is 0.497 e. The predicted octanol–water partition coefficient (Wildman–Crippen LogP) is 3.21. The molecule has 0 aliphatic rings. The Kier molecular flexibility index (Phi) is 8.54. The average molecular weight is 432 g/mol. The molecule has 0 fully saturated rings. The number of benzene rings is 2. The smallest absolute Gasteiger partial charge is 0.320 e. The number of esters is 2. The van der Waals surface area contributed by atoms with Gasteiger partial charge in [0.05, 0.1) is 42.7 Å². The van der Waals surface area contributed by atoms with Gasteiger partial charge >= 0.3 is 11.9 Å². The van der Waals surface area contributed by atoms with E-state index >= 15 is 0 Å². The molecule has 168 valence electrons. The average Bonchev–Trinajstić information content (AvgIpc) is 2.83. The lowest BCUT2D eigenvalue weighted by Crippen LogP contribution is -2.28. The van der Waals surface area contributed by atoms with E-state index in [0.717, 1.165) is 5.56 Å². The quantitative estimate of drug-likeness (QED) is 0.418. The topological polar surface area (TPSA) is 89.5 Å². The van der Waals surface area contributed by atoms with Crippen LogP contribution in [0.5, 0.6) is 23.0 Å². The molecule has 2 rings (SSSR count). The van der Waals surface area contributed by atoms with Gasteiger partial charge in [-0.05, 0) is 24.1 Å². The lowest BCUT2D eigenvalue weighted by atomic mass is 9.82. The van der Waals surface area contributed by atoms with E-state index in [4.69, 9.17) is 28.4 Å². The predicted molar refractivity (Wildman–Crippen MR) is 113 cm³/mol. The Labute approximate surface area is 182 Å². The van der Waals surface area contributed by atoms with Gasteiger partial charge in [0.25, 0.3) is 0 Å². The number of carbonyl (C=O) groups excluding carboxylic acids is 2. The highest BCUT2D eigenvalue weighted by molar-refractivity contribution is 5.95. The fraction of sp³-hybridized carbons (Fsp3) is 0.391. The summed E-state index contributed by atoms with van der Waals surface area (Å²) in [6.07, 6.45) is 0.0741. The van der Waals surface area contributed by atoms with Crippen LogP contribution in [0.3, 0.4) is 0 Å². The van der Waals surface area contributed by atoms with Crippen LogP contribution in [-0.4, -0.2) is 54.6 Å². The number of carbonyl (C=O) groups is 2. The Bertz CT molecular complexity index is 850. The maximum Gasteiger partial charge on any atom is 0.320 e. The van der Waals surface area contributed by atoms with Crippen molar-refractivity contribution in [1.29, 1.82) is 0 Å². The molecule has 8 nitrogen and oxygen atoms in total. The lowest BCUT2D eigenvalue weighted by Gasteiger charge is -2.26. The highest BCUT2D eigenvalue weighted by atomic mass is 16.5. The van der Waals surface area contributed by atoms with Crippen molar-refractivity contribution in [3.8, 4) is 23.0 Å². The molecule has 0 heterocycles. The van der Waals surface area contributed by atoms with Crippen molar-refractivity contribution in [1.82, 2.24) is 0 Å². The van der Waals surface area contributed by atoms with Crippen LogP contribution in [0.4, 0.5) is 0 Å². The number of ether oxygens (including phenoxy) is 6. The Hall–Kier alpha value is -3.42. The molecule has 0 aromatic heterocycles. The summed E-state index contributed by atoms with van der Waals surface area (Å²) in [6, 6.07) is 10.8. The summed E-state index contributed by atoms with van der Waals surface area (Å²) in [7, 11) is 8.64. The summed E-state index contributed by atoms with van der Waals surface area (Å²) in [6.45, 7) is 0. The fourth-order valence-electron chi connectivity index (χ4n) is 3.44. The second-order valence-corrected chi connectivity index (χ2v) is 6.61. The van der Waals surface area contributed by atoms with E-state index in [-0.39, 0.29) is 6.42 Å². The molecule has 1 atom stereocenters. The first-order valence-electron chi connectivity index (χ1n) is 9.53. The molecule has 0 amide bonds. The molecule has 0 bridgehead atoms. The second kappa shape index (κ2) is 11.1. The summed E-state index contributed by atoms with van der Waals surface area (Å²) in [5.41, 5.74) is 1.48. The van der Waals surface area contributed by atoms with Crippen molar-refractivity contribution in [2.45, 2.75) is 12.3 Å². The maximum absolute atomic E-state index is 12.4. The minimum absolute atomic E-state index is 0.0741. The summed E-state index contributed by atoms with van der Waals surface area (Å²) < 4.78 is 31.5. The molecule has 2 aromatic rings. The van der Waals surface area contributed by atoms with Crippen molar-refractivity contribution in [2.75, 3.05) is 42.7 Å². The van der Waals surface area contributed by atoms with Crippen LogP contribution in [0.25, 0.3) is 0 Å². The zero-order chi connectivity index (χ0) is 23.0. The first-order chi connectivity index (χ1) is 14.9. The molecule has 0 N–H and O–H groups in total. The molecule has 0 aliphatic heterocycles. The van der Waals surface area contributed by atoms with Crippen molar-refractivity contribution < 1.29 is 38.0 Å². The van der Waals surface area contributed by atoms with Crippen LogP contribution >= 0.6 is 0 Å². The highest BCUT2D eigenvalue weighted by Gasteiger charge is 2.35. The third-order valence-corrected chi connectivity index (χ3v) is 5.06. The third-order valence-electron chi connectivity index (χ3n) is 5.06. The van der Waals surface area contributed by atoms with Gasteiger partial charge in [0, 0.05) is 23.6 Å². The molecule has 8 heteroatoms. The standard InChI is InChI=1S/C23H28O8/c1-26-15-9-7-14(8-10-15)17(13-18(22(24)30-5)23(25)31-6)21-19(28-3)11-16(27-2)12-20(21)29-4/h7-12,17-18H,13H2,1-6H3. The van der Waals surface area contributed by atoms with Gasteiger partial charge in [0.1, 0.15) is 23.0 Å². The molecule has 0 saturated carbocycles. The zero-order valence-electron chi connectivity index (χ0n) is 18.6. The van der Waals surface area contributed by atoms with E-state index in [1.807, 2.05) is 12.1 Å². The summed E-state index contributed by atoms with van der Waals surface area (Å²) in [4.78, 5) is 24.8. The molecule has 0 spiro atoms.